The number of ether oxygens (including phenoxy) is 1. The van der Waals surface area contributed by atoms with Gasteiger partial charge in [-0.25, -0.2) is 13.1 Å². The Bertz CT molecular complexity index is 260. The third-order valence-corrected chi connectivity index (χ3v) is 3.92. The molecule has 0 bridgehead atoms. The van der Waals surface area contributed by atoms with Gasteiger partial charge in [0.2, 0.25) is 10.0 Å². The summed E-state index contributed by atoms with van der Waals surface area (Å²) in [4.78, 5) is 0. The van der Waals surface area contributed by atoms with Crippen molar-refractivity contribution in [2.75, 3.05) is 13.2 Å². The third kappa shape index (κ3) is 3.25. The molecule has 0 aromatic rings. The van der Waals surface area contributed by atoms with E-state index >= 15 is 0 Å². The molecule has 1 atom stereocenters. The summed E-state index contributed by atoms with van der Waals surface area (Å²) in [6, 6.07) is 0. The van der Waals surface area contributed by atoms with E-state index in [-0.39, 0.29) is 5.25 Å². The van der Waals surface area contributed by atoms with Gasteiger partial charge in [-0.05, 0) is 27.2 Å². The second kappa shape index (κ2) is 3.55. The van der Waals surface area contributed by atoms with Crippen molar-refractivity contribution in [3.8, 4) is 0 Å². The summed E-state index contributed by atoms with van der Waals surface area (Å²) in [7, 11) is -3.19. The highest BCUT2D eigenvalue weighted by molar-refractivity contribution is 7.90. The Balaban J connectivity index is 2.66. The molecule has 0 amide bonds. The molecule has 0 aromatic heterocycles. The molecule has 0 aromatic carbocycles. The molecule has 0 saturated carbocycles. The summed E-state index contributed by atoms with van der Waals surface area (Å²) in [5.41, 5.74) is -0.401. The number of nitrogens with one attached hydrogen (secondary N) is 1. The number of sulfonamides is 1. The van der Waals surface area contributed by atoms with Gasteiger partial charge < -0.3 is 4.74 Å². The molecule has 5 heteroatoms. The molecule has 0 radical (unpaired) electrons. The predicted molar refractivity (Wildman–Crippen MR) is 51.0 cm³/mol. The predicted octanol–water partition coefficient (Wildman–Crippen LogP) is 0.493. The Hall–Kier alpha value is -0.130. The molecule has 1 rings (SSSR count). The maximum atomic E-state index is 11.7. The van der Waals surface area contributed by atoms with Gasteiger partial charge in [0.25, 0.3) is 0 Å². The van der Waals surface area contributed by atoms with Gasteiger partial charge in [0.15, 0.2) is 0 Å². The van der Waals surface area contributed by atoms with Gasteiger partial charge in [0.05, 0.1) is 6.61 Å². The molecule has 13 heavy (non-hydrogen) atoms. The van der Waals surface area contributed by atoms with Crippen molar-refractivity contribution < 1.29 is 13.2 Å². The van der Waals surface area contributed by atoms with Crippen molar-refractivity contribution in [3.05, 3.63) is 0 Å². The van der Waals surface area contributed by atoms with E-state index in [2.05, 4.69) is 4.72 Å². The van der Waals surface area contributed by atoms with Crippen LogP contribution in [0.25, 0.3) is 0 Å². The second-order valence-electron chi connectivity index (χ2n) is 4.38. The second-order valence-corrected chi connectivity index (χ2v) is 6.34. The van der Waals surface area contributed by atoms with Crippen LogP contribution in [0.5, 0.6) is 0 Å². The molecule has 4 nitrogen and oxygen atoms in total. The summed E-state index contributed by atoms with van der Waals surface area (Å²) < 4.78 is 31.0. The zero-order valence-electron chi connectivity index (χ0n) is 8.33. The molecule has 0 aliphatic carbocycles. The van der Waals surface area contributed by atoms with Gasteiger partial charge >= 0.3 is 0 Å². The van der Waals surface area contributed by atoms with Gasteiger partial charge in [0, 0.05) is 12.1 Å². The van der Waals surface area contributed by atoms with Crippen molar-refractivity contribution in [1.82, 2.24) is 4.72 Å². The summed E-state index contributed by atoms with van der Waals surface area (Å²) >= 11 is 0. The van der Waals surface area contributed by atoms with Crippen LogP contribution in [-0.2, 0) is 14.8 Å². The Kier molecular flexibility index (Phi) is 2.99. The lowest BCUT2D eigenvalue weighted by Gasteiger charge is -2.22. The van der Waals surface area contributed by atoms with Crippen molar-refractivity contribution in [2.45, 2.75) is 38.0 Å². The fraction of sp³-hybridized carbons (Fsp3) is 1.00. The number of hydrogen-bond acceptors (Lipinski definition) is 3. The van der Waals surface area contributed by atoms with E-state index in [9.17, 15) is 8.42 Å². The Morgan fingerprint density at radius 1 is 1.38 bits per heavy atom. The van der Waals surface area contributed by atoms with Crippen molar-refractivity contribution >= 4 is 10.0 Å². The summed E-state index contributed by atoms with van der Waals surface area (Å²) in [6.07, 6.45) is 0.603. The fourth-order valence-electron chi connectivity index (χ4n) is 1.27. The topological polar surface area (TPSA) is 55.4 Å². The Labute approximate surface area is 79.7 Å². The first-order chi connectivity index (χ1) is 5.81. The SMILES string of the molecule is CC(C)(C)NS(=O)(=O)[C@H]1CCOC1. The zero-order valence-corrected chi connectivity index (χ0v) is 9.15. The molecular weight excluding hydrogens is 190 g/mol. The van der Waals surface area contributed by atoms with Crippen LogP contribution >= 0.6 is 0 Å². The standard InChI is InChI=1S/C8H17NO3S/c1-8(2,3)9-13(10,11)7-4-5-12-6-7/h7,9H,4-6H2,1-3H3/t7-/m0/s1. The van der Waals surface area contributed by atoms with E-state index in [0.717, 1.165) is 0 Å². The maximum absolute atomic E-state index is 11.7. The van der Waals surface area contributed by atoms with E-state index in [1.807, 2.05) is 20.8 Å². The highest BCUT2D eigenvalue weighted by Gasteiger charge is 2.32. The molecule has 1 N–H and O–H groups in total. The number of rotatable bonds is 2. The lowest BCUT2D eigenvalue weighted by atomic mass is 10.1. The van der Waals surface area contributed by atoms with Crippen LogP contribution in [0.2, 0.25) is 0 Å². The molecule has 0 spiro atoms. The Morgan fingerprint density at radius 3 is 2.38 bits per heavy atom. The van der Waals surface area contributed by atoms with Gasteiger partial charge in [-0.1, -0.05) is 0 Å². The molecular formula is C8H17NO3S. The van der Waals surface area contributed by atoms with Gasteiger partial charge in [-0.3, -0.25) is 0 Å². The average molecular weight is 207 g/mol. The third-order valence-electron chi connectivity index (χ3n) is 1.78. The normalized spacial score (nSPS) is 25.0. The highest BCUT2D eigenvalue weighted by atomic mass is 32.2. The quantitative estimate of drug-likeness (QED) is 0.717. The number of hydrogen-bond donors (Lipinski definition) is 1. The minimum Gasteiger partial charge on any atom is -0.380 e. The first-order valence-electron chi connectivity index (χ1n) is 4.42. The van der Waals surface area contributed by atoms with E-state index in [0.29, 0.717) is 19.6 Å². The van der Waals surface area contributed by atoms with Gasteiger partial charge in [-0.15, -0.1) is 0 Å². The molecule has 1 aliphatic rings. The molecule has 1 heterocycles. The zero-order chi connectivity index (χ0) is 10.1. The van der Waals surface area contributed by atoms with Crippen LogP contribution in [0.1, 0.15) is 27.2 Å². The van der Waals surface area contributed by atoms with Gasteiger partial charge in [-0.2, -0.15) is 0 Å². The first kappa shape index (κ1) is 10.9. The lowest BCUT2D eigenvalue weighted by Crippen LogP contribution is -2.45. The highest BCUT2D eigenvalue weighted by Crippen LogP contribution is 2.15. The van der Waals surface area contributed by atoms with Crippen LogP contribution in [0, 0.1) is 0 Å². The van der Waals surface area contributed by atoms with E-state index in [1.54, 1.807) is 0 Å². The van der Waals surface area contributed by atoms with Crippen molar-refractivity contribution in [1.29, 1.82) is 0 Å². The fourth-order valence-corrected chi connectivity index (χ4v) is 2.97. The molecule has 0 unspecified atom stereocenters. The lowest BCUT2D eigenvalue weighted by molar-refractivity contribution is 0.198. The first-order valence-corrected chi connectivity index (χ1v) is 5.96. The van der Waals surface area contributed by atoms with Crippen molar-refractivity contribution in [3.63, 3.8) is 0 Å². The van der Waals surface area contributed by atoms with E-state index in [1.165, 1.54) is 0 Å². The average Bonchev–Trinajstić information content (AvgIpc) is 2.29. The summed E-state index contributed by atoms with van der Waals surface area (Å²) in [6.45, 7) is 6.38. The van der Waals surface area contributed by atoms with Crippen LogP contribution < -0.4 is 4.72 Å². The molecule has 78 valence electrons. The molecule has 1 saturated heterocycles. The van der Waals surface area contributed by atoms with Crippen molar-refractivity contribution in [2.24, 2.45) is 0 Å². The van der Waals surface area contributed by atoms with Crippen LogP contribution in [-0.4, -0.2) is 32.4 Å². The van der Waals surface area contributed by atoms with Gasteiger partial charge in [0.1, 0.15) is 5.25 Å². The summed E-state index contributed by atoms with van der Waals surface area (Å²) in [5, 5.41) is -0.369. The Morgan fingerprint density at radius 2 is 2.00 bits per heavy atom. The molecule has 1 fully saturated rings. The maximum Gasteiger partial charge on any atom is 0.217 e. The minimum atomic E-state index is -3.19. The smallest absolute Gasteiger partial charge is 0.217 e. The minimum absolute atomic E-state index is 0.325. The largest absolute Gasteiger partial charge is 0.380 e. The monoisotopic (exact) mass is 207 g/mol. The van der Waals surface area contributed by atoms with Crippen LogP contribution in [0.4, 0.5) is 0 Å². The van der Waals surface area contributed by atoms with E-state index in [4.69, 9.17) is 4.74 Å². The van der Waals surface area contributed by atoms with E-state index < -0.39 is 15.6 Å². The summed E-state index contributed by atoms with van der Waals surface area (Å²) in [5.74, 6) is 0. The van der Waals surface area contributed by atoms with Crippen LogP contribution in [0.3, 0.4) is 0 Å². The molecule has 1 aliphatic heterocycles. The van der Waals surface area contributed by atoms with Crippen LogP contribution in [0.15, 0.2) is 0 Å².